The molecule has 0 bridgehead atoms. The minimum absolute atomic E-state index is 0.0372. The maximum absolute atomic E-state index is 12.7. The van der Waals surface area contributed by atoms with Gasteiger partial charge in [0.2, 0.25) is 5.91 Å². The second-order valence-corrected chi connectivity index (χ2v) is 10.5. The van der Waals surface area contributed by atoms with Gasteiger partial charge in [0.1, 0.15) is 12.7 Å². The summed E-state index contributed by atoms with van der Waals surface area (Å²) in [5.41, 5.74) is 3.31. The molecule has 0 saturated carbocycles. The van der Waals surface area contributed by atoms with Gasteiger partial charge in [-0.25, -0.2) is 9.78 Å². The summed E-state index contributed by atoms with van der Waals surface area (Å²) < 4.78 is 17.8. The summed E-state index contributed by atoms with van der Waals surface area (Å²) in [4.78, 5) is 33.7. The maximum Gasteiger partial charge on any atom is 0.410 e. The minimum Gasteiger partial charge on any atom is -0.444 e. The van der Waals surface area contributed by atoms with Crippen molar-refractivity contribution in [2.45, 2.75) is 31.0 Å². The number of nitrogens with zero attached hydrogens (tertiary/aromatic N) is 4. The van der Waals surface area contributed by atoms with Crippen LogP contribution in [0.3, 0.4) is 0 Å². The van der Waals surface area contributed by atoms with Crippen molar-refractivity contribution >= 4 is 29.2 Å². The number of amides is 2. The molecule has 40 heavy (non-hydrogen) atoms. The first kappa shape index (κ1) is 29.8. The smallest absolute Gasteiger partial charge is 0.410 e. The van der Waals surface area contributed by atoms with Crippen molar-refractivity contribution in [3.05, 3.63) is 71.8 Å². The second-order valence-electron chi connectivity index (χ2n) is 10.1. The first-order valence-corrected chi connectivity index (χ1v) is 13.8. The summed E-state index contributed by atoms with van der Waals surface area (Å²) in [6.07, 6.45) is 6.25. The van der Waals surface area contributed by atoms with Crippen molar-refractivity contribution < 1.29 is 23.8 Å². The number of benzene rings is 1. The lowest BCUT2D eigenvalue weighted by molar-refractivity contribution is -0.125. The molecule has 2 aromatic rings. The average molecular weight is 572 g/mol. The van der Waals surface area contributed by atoms with Crippen LogP contribution in [0.1, 0.15) is 41.7 Å². The van der Waals surface area contributed by atoms with E-state index in [4.69, 9.17) is 25.8 Å². The fraction of sp³-hybridized carbons (Fsp3) is 0.483. The molecule has 2 fully saturated rings. The van der Waals surface area contributed by atoms with Crippen LogP contribution in [0.4, 0.5) is 4.79 Å². The molecule has 3 heterocycles. The number of aromatic nitrogens is 2. The fourth-order valence-electron chi connectivity index (χ4n) is 5.24. The van der Waals surface area contributed by atoms with E-state index in [1.54, 1.807) is 17.4 Å². The quantitative estimate of drug-likeness (QED) is 0.410. The van der Waals surface area contributed by atoms with E-state index in [9.17, 15) is 9.59 Å². The molecule has 3 atom stereocenters. The van der Waals surface area contributed by atoms with Crippen molar-refractivity contribution in [3.63, 3.8) is 0 Å². The predicted molar refractivity (Wildman–Crippen MR) is 153 cm³/mol. The number of piperazine rings is 1. The van der Waals surface area contributed by atoms with Crippen LogP contribution in [0.15, 0.2) is 50.0 Å². The largest absolute Gasteiger partial charge is 0.444 e. The number of methoxy groups -OCH3 is 1. The lowest BCUT2D eigenvalue weighted by Crippen LogP contribution is -2.50. The molecule has 2 aliphatic heterocycles. The Balaban J connectivity index is 1.57. The van der Waals surface area contributed by atoms with E-state index in [1.807, 2.05) is 35.9 Å². The molecular formula is C29H38ClN5O5. The van der Waals surface area contributed by atoms with Gasteiger partial charge in [0.15, 0.2) is 0 Å². The minimum atomic E-state index is -0.553. The van der Waals surface area contributed by atoms with E-state index in [0.29, 0.717) is 56.4 Å². The Morgan fingerprint density at radius 3 is 2.70 bits per heavy atom. The van der Waals surface area contributed by atoms with Gasteiger partial charge in [-0.15, -0.1) is 6.58 Å². The highest BCUT2D eigenvalue weighted by atomic mass is 35.5. The van der Waals surface area contributed by atoms with Gasteiger partial charge in [0, 0.05) is 57.8 Å². The summed E-state index contributed by atoms with van der Waals surface area (Å²) >= 11 is 6.50. The van der Waals surface area contributed by atoms with E-state index in [1.165, 1.54) is 7.11 Å². The number of nitrogens with one attached hydrogen (secondary N) is 1. The Morgan fingerprint density at radius 1 is 1.30 bits per heavy atom. The number of hydrogen-bond donors (Lipinski definition) is 1. The zero-order chi connectivity index (χ0) is 28.6. The van der Waals surface area contributed by atoms with Crippen LogP contribution in [0.5, 0.6) is 0 Å². The highest BCUT2D eigenvalue weighted by Crippen LogP contribution is 2.38. The molecule has 0 spiro atoms. The third-order valence-corrected chi connectivity index (χ3v) is 7.59. The lowest BCUT2D eigenvalue weighted by Gasteiger charge is -2.40. The van der Waals surface area contributed by atoms with E-state index >= 15 is 0 Å². The van der Waals surface area contributed by atoms with Gasteiger partial charge in [-0.05, 0) is 35.3 Å². The van der Waals surface area contributed by atoms with Gasteiger partial charge in [-0.1, -0.05) is 30.3 Å². The summed E-state index contributed by atoms with van der Waals surface area (Å²) in [5, 5.41) is 3.60. The van der Waals surface area contributed by atoms with Gasteiger partial charge < -0.3 is 29.0 Å². The Bertz CT molecular complexity index is 1200. The Kier molecular flexibility index (Phi) is 10.4. The van der Waals surface area contributed by atoms with Crippen LogP contribution in [0.2, 0.25) is 5.02 Å². The number of aryl methyl sites for hydroxylation is 1. The molecule has 2 aliphatic rings. The molecule has 10 nitrogen and oxygen atoms in total. The summed E-state index contributed by atoms with van der Waals surface area (Å²) in [5.74, 6) is -0.270. The number of carbonyl (C=O) groups is 2. The maximum atomic E-state index is 12.7. The number of hydrogen-bond acceptors (Lipinski definition) is 7. The van der Waals surface area contributed by atoms with Crippen molar-refractivity contribution in [1.29, 1.82) is 0 Å². The van der Waals surface area contributed by atoms with E-state index in [0.717, 1.165) is 23.2 Å². The molecule has 4 rings (SSSR count). The van der Waals surface area contributed by atoms with Gasteiger partial charge in [0.05, 0.1) is 37.5 Å². The zero-order valence-corrected chi connectivity index (χ0v) is 23.9. The van der Waals surface area contributed by atoms with Crippen molar-refractivity contribution in [1.82, 2.24) is 24.7 Å². The number of ether oxygens (including phenoxy) is 3. The summed E-state index contributed by atoms with van der Waals surface area (Å²) in [7, 11) is 3.35. The topological polar surface area (TPSA) is 98.2 Å². The van der Waals surface area contributed by atoms with E-state index < -0.39 is 6.04 Å². The molecule has 11 heteroatoms. The molecule has 0 radical (unpaired) electrons. The number of halogens is 1. The highest BCUT2D eigenvalue weighted by Gasteiger charge is 2.32. The molecule has 1 N–H and O–H groups in total. The van der Waals surface area contributed by atoms with Crippen molar-refractivity contribution in [2.24, 2.45) is 7.05 Å². The van der Waals surface area contributed by atoms with Crippen LogP contribution in [0.25, 0.3) is 5.57 Å². The molecule has 1 aromatic heterocycles. The zero-order valence-electron chi connectivity index (χ0n) is 23.2. The molecule has 2 saturated heterocycles. The van der Waals surface area contributed by atoms with Crippen molar-refractivity contribution in [3.8, 4) is 0 Å². The van der Waals surface area contributed by atoms with Crippen LogP contribution < -0.4 is 5.32 Å². The SMILES string of the molecule is C=CC[C@H](c1ccc(Cl)cc1C(=C)[C@@H](NC(=O)COC)c1cncn1C)N1CCN(C(=O)O[C@@H]2CCOC2)CC1. The van der Waals surface area contributed by atoms with Gasteiger partial charge in [-0.2, -0.15) is 0 Å². The third kappa shape index (κ3) is 7.11. The third-order valence-electron chi connectivity index (χ3n) is 7.36. The van der Waals surface area contributed by atoms with Gasteiger partial charge in [0.25, 0.3) is 0 Å². The molecule has 216 valence electrons. The highest BCUT2D eigenvalue weighted by molar-refractivity contribution is 6.30. The first-order chi connectivity index (χ1) is 19.3. The van der Waals surface area contributed by atoms with Crippen LogP contribution >= 0.6 is 11.6 Å². The van der Waals surface area contributed by atoms with Gasteiger partial charge >= 0.3 is 6.09 Å². The Morgan fingerprint density at radius 2 is 2.08 bits per heavy atom. The summed E-state index contributed by atoms with van der Waals surface area (Å²) in [6.45, 7) is 11.9. The predicted octanol–water partition coefficient (Wildman–Crippen LogP) is 3.75. The molecule has 2 amide bonds. The number of carbonyl (C=O) groups excluding carboxylic acids is 2. The lowest BCUT2D eigenvalue weighted by atomic mass is 9.88. The number of rotatable bonds is 11. The van der Waals surface area contributed by atoms with Gasteiger partial charge in [-0.3, -0.25) is 9.69 Å². The van der Waals surface area contributed by atoms with Crippen LogP contribution in [-0.2, 0) is 26.1 Å². The molecular weight excluding hydrogens is 534 g/mol. The average Bonchev–Trinajstić information content (AvgIpc) is 3.62. The van der Waals surface area contributed by atoms with Crippen LogP contribution in [0, 0.1) is 0 Å². The van der Waals surface area contributed by atoms with Crippen molar-refractivity contribution in [2.75, 3.05) is 53.1 Å². The summed E-state index contributed by atoms with van der Waals surface area (Å²) in [6, 6.07) is 5.17. The normalized spacial score (nSPS) is 19.2. The molecule has 0 aliphatic carbocycles. The second kappa shape index (κ2) is 13.9. The standard InChI is InChI=1S/C29H38ClN5O5/c1-5-6-25(34-10-12-35(13-11-34)29(37)40-22-9-14-39-17-22)23-8-7-21(30)15-24(23)20(2)28(32-27(36)18-38-4)26-16-31-19-33(26)3/h5,7-8,15-16,19,22,25,28H,1-2,6,9-14,17-18H2,3-4H3,(H,32,36)/t22-,25-,28-/m1/s1. The Labute approximate surface area is 240 Å². The Hall–Kier alpha value is -3.18. The fourth-order valence-corrected chi connectivity index (χ4v) is 5.41. The first-order valence-electron chi connectivity index (χ1n) is 13.4. The van der Waals surface area contributed by atoms with E-state index in [2.05, 4.69) is 28.4 Å². The van der Waals surface area contributed by atoms with Crippen LogP contribution in [-0.4, -0.2) is 90.6 Å². The van der Waals surface area contributed by atoms with E-state index in [-0.39, 0.29) is 30.8 Å². The molecule has 1 aromatic carbocycles. The number of imidazole rings is 1. The monoisotopic (exact) mass is 571 g/mol. The molecule has 0 unspecified atom stereocenters.